The number of nitro benzene ring substituents is 1. The van der Waals surface area contributed by atoms with E-state index in [1.54, 1.807) is 0 Å². The lowest BCUT2D eigenvalue weighted by molar-refractivity contribution is -0.385. The Morgan fingerprint density at radius 3 is 2.85 bits per heavy atom. The highest BCUT2D eigenvalue weighted by atomic mass is 16.6. The molecular formula is C13H16N2O5. The Morgan fingerprint density at radius 2 is 2.25 bits per heavy atom. The molecule has 1 saturated carbocycles. The van der Waals surface area contributed by atoms with Crippen LogP contribution in [0.1, 0.15) is 18.4 Å². The van der Waals surface area contributed by atoms with Crippen LogP contribution in [-0.2, 0) is 11.4 Å². The highest BCUT2D eigenvalue weighted by Crippen LogP contribution is 2.28. The minimum absolute atomic E-state index is 0.0110. The van der Waals surface area contributed by atoms with Gasteiger partial charge in [-0.1, -0.05) is 0 Å². The maximum absolute atomic E-state index is 11.5. The molecule has 20 heavy (non-hydrogen) atoms. The zero-order chi connectivity index (χ0) is 14.5. The first-order chi connectivity index (χ1) is 9.60. The van der Waals surface area contributed by atoms with E-state index in [1.807, 2.05) is 0 Å². The summed E-state index contributed by atoms with van der Waals surface area (Å²) in [5.74, 6) is 0.245. The lowest BCUT2D eigenvalue weighted by Gasteiger charge is -2.08. The van der Waals surface area contributed by atoms with Crippen LogP contribution in [0.5, 0.6) is 5.75 Å². The molecule has 1 aliphatic carbocycles. The van der Waals surface area contributed by atoms with Crippen molar-refractivity contribution in [3.63, 3.8) is 0 Å². The number of hydrogen-bond donors (Lipinski definition) is 2. The fourth-order valence-electron chi connectivity index (χ4n) is 1.70. The van der Waals surface area contributed by atoms with E-state index >= 15 is 0 Å². The van der Waals surface area contributed by atoms with Gasteiger partial charge in [-0.2, -0.15) is 0 Å². The number of rotatable bonds is 7. The van der Waals surface area contributed by atoms with E-state index in [2.05, 4.69) is 5.32 Å². The summed E-state index contributed by atoms with van der Waals surface area (Å²) in [5.41, 5.74) is 0.265. The number of hydrogen-bond acceptors (Lipinski definition) is 5. The molecular weight excluding hydrogens is 264 g/mol. The van der Waals surface area contributed by atoms with E-state index in [1.165, 1.54) is 18.2 Å². The van der Waals surface area contributed by atoms with Crippen LogP contribution >= 0.6 is 0 Å². The topological polar surface area (TPSA) is 102 Å². The molecule has 7 nitrogen and oxygen atoms in total. The number of benzene rings is 1. The van der Waals surface area contributed by atoms with Gasteiger partial charge >= 0.3 is 5.69 Å². The van der Waals surface area contributed by atoms with Gasteiger partial charge in [0.15, 0.2) is 12.4 Å². The van der Waals surface area contributed by atoms with Crippen LogP contribution in [0.15, 0.2) is 18.2 Å². The molecule has 0 radical (unpaired) electrons. The van der Waals surface area contributed by atoms with Gasteiger partial charge in [-0.3, -0.25) is 14.9 Å². The summed E-state index contributed by atoms with van der Waals surface area (Å²) >= 11 is 0. The second kappa shape index (κ2) is 6.33. The summed E-state index contributed by atoms with van der Waals surface area (Å²) < 4.78 is 5.19. The van der Waals surface area contributed by atoms with Gasteiger partial charge < -0.3 is 15.2 Å². The average Bonchev–Trinajstić information content (AvgIpc) is 3.26. The quantitative estimate of drug-likeness (QED) is 0.573. The van der Waals surface area contributed by atoms with Gasteiger partial charge in [0, 0.05) is 12.6 Å². The maximum atomic E-state index is 11.5. The third kappa shape index (κ3) is 3.92. The molecule has 2 rings (SSSR count). The molecule has 1 aliphatic rings. The summed E-state index contributed by atoms with van der Waals surface area (Å²) in [5, 5.41) is 22.6. The number of carbonyl (C=O) groups excluding carboxylic acids is 1. The van der Waals surface area contributed by atoms with Gasteiger partial charge in [0.05, 0.1) is 11.5 Å². The van der Waals surface area contributed by atoms with Gasteiger partial charge in [-0.25, -0.2) is 0 Å². The molecule has 0 aromatic heterocycles. The van der Waals surface area contributed by atoms with E-state index in [-0.39, 0.29) is 30.6 Å². The number of aliphatic hydroxyl groups excluding tert-OH is 1. The number of nitrogens with one attached hydrogen (secondary N) is 1. The average molecular weight is 280 g/mol. The van der Waals surface area contributed by atoms with Crippen molar-refractivity contribution >= 4 is 11.6 Å². The summed E-state index contributed by atoms with van der Waals surface area (Å²) in [7, 11) is 0. The Labute approximate surface area is 115 Å². The molecule has 0 unspecified atom stereocenters. The Balaban J connectivity index is 1.95. The van der Waals surface area contributed by atoms with Gasteiger partial charge in [-0.15, -0.1) is 0 Å². The molecule has 0 spiro atoms. The Kier molecular flexibility index (Phi) is 4.52. The van der Waals surface area contributed by atoms with Gasteiger partial charge in [0.25, 0.3) is 5.91 Å². The second-order valence-electron chi connectivity index (χ2n) is 4.75. The van der Waals surface area contributed by atoms with Gasteiger partial charge in [0.2, 0.25) is 0 Å². The van der Waals surface area contributed by atoms with Crippen LogP contribution in [-0.4, -0.2) is 29.1 Å². The monoisotopic (exact) mass is 280 g/mol. The van der Waals surface area contributed by atoms with Crippen molar-refractivity contribution in [2.45, 2.75) is 19.4 Å². The van der Waals surface area contributed by atoms with Crippen LogP contribution in [0.2, 0.25) is 0 Å². The molecule has 1 amide bonds. The van der Waals surface area contributed by atoms with Crippen molar-refractivity contribution in [2.24, 2.45) is 5.92 Å². The van der Waals surface area contributed by atoms with Crippen LogP contribution in [0.4, 0.5) is 5.69 Å². The van der Waals surface area contributed by atoms with Crippen LogP contribution in [0.3, 0.4) is 0 Å². The van der Waals surface area contributed by atoms with Crippen LogP contribution < -0.4 is 10.1 Å². The smallest absolute Gasteiger partial charge is 0.310 e. The molecule has 0 saturated heterocycles. The second-order valence-corrected chi connectivity index (χ2v) is 4.75. The standard InChI is InChI=1S/C13H16N2O5/c16-7-10-3-4-11(15(18)19)12(5-10)20-8-13(17)14-6-9-1-2-9/h3-5,9,16H,1-2,6-8H2,(H,14,17). The highest BCUT2D eigenvalue weighted by molar-refractivity contribution is 5.77. The fraction of sp³-hybridized carbons (Fsp3) is 0.462. The van der Waals surface area contributed by atoms with Crippen molar-refractivity contribution in [1.29, 1.82) is 0 Å². The van der Waals surface area contributed by atoms with Crippen molar-refractivity contribution in [1.82, 2.24) is 5.32 Å². The van der Waals surface area contributed by atoms with E-state index in [9.17, 15) is 14.9 Å². The normalized spacial score (nSPS) is 13.8. The first kappa shape index (κ1) is 14.3. The number of ether oxygens (including phenoxy) is 1. The number of aliphatic hydroxyl groups is 1. The largest absolute Gasteiger partial charge is 0.477 e. The zero-order valence-electron chi connectivity index (χ0n) is 10.9. The zero-order valence-corrected chi connectivity index (χ0v) is 10.9. The van der Waals surface area contributed by atoms with Crippen molar-refractivity contribution in [2.75, 3.05) is 13.2 Å². The van der Waals surface area contributed by atoms with E-state index < -0.39 is 4.92 Å². The first-order valence-electron chi connectivity index (χ1n) is 6.38. The van der Waals surface area contributed by atoms with Crippen LogP contribution in [0.25, 0.3) is 0 Å². The molecule has 1 aromatic rings. The molecule has 1 aromatic carbocycles. The minimum atomic E-state index is -0.585. The third-order valence-electron chi connectivity index (χ3n) is 3.05. The van der Waals surface area contributed by atoms with Crippen molar-refractivity contribution in [3.05, 3.63) is 33.9 Å². The van der Waals surface area contributed by atoms with E-state index in [0.29, 0.717) is 18.0 Å². The number of amides is 1. The van der Waals surface area contributed by atoms with Gasteiger partial charge in [-0.05, 0) is 36.5 Å². The third-order valence-corrected chi connectivity index (χ3v) is 3.05. The van der Waals surface area contributed by atoms with E-state index in [4.69, 9.17) is 9.84 Å². The summed E-state index contributed by atoms with van der Waals surface area (Å²) in [6.07, 6.45) is 2.26. The molecule has 0 bridgehead atoms. The molecule has 0 aliphatic heterocycles. The molecule has 0 heterocycles. The molecule has 108 valence electrons. The number of nitro groups is 1. The number of nitrogens with zero attached hydrogens (tertiary/aromatic N) is 1. The summed E-state index contributed by atoms with van der Waals surface area (Å²) in [4.78, 5) is 21.8. The lowest BCUT2D eigenvalue weighted by Crippen LogP contribution is -2.30. The number of carbonyl (C=O) groups is 1. The molecule has 1 fully saturated rings. The summed E-state index contributed by atoms with van der Waals surface area (Å²) in [6.45, 7) is 0.103. The first-order valence-corrected chi connectivity index (χ1v) is 6.38. The highest BCUT2D eigenvalue weighted by Gasteiger charge is 2.22. The van der Waals surface area contributed by atoms with E-state index in [0.717, 1.165) is 12.8 Å². The fourth-order valence-corrected chi connectivity index (χ4v) is 1.70. The molecule has 7 heteroatoms. The Bertz CT molecular complexity index is 513. The molecule has 0 atom stereocenters. The lowest BCUT2D eigenvalue weighted by atomic mass is 10.2. The minimum Gasteiger partial charge on any atom is -0.477 e. The van der Waals surface area contributed by atoms with Gasteiger partial charge in [0.1, 0.15) is 0 Å². The Morgan fingerprint density at radius 1 is 1.50 bits per heavy atom. The predicted octanol–water partition coefficient (Wildman–Crippen LogP) is 0.992. The molecule has 2 N–H and O–H groups in total. The van der Waals surface area contributed by atoms with Crippen LogP contribution in [0, 0.1) is 16.0 Å². The predicted molar refractivity (Wildman–Crippen MR) is 70.2 cm³/mol. The maximum Gasteiger partial charge on any atom is 0.310 e. The SMILES string of the molecule is O=C(COc1cc(CO)ccc1[N+](=O)[O-])NCC1CC1. The van der Waals surface area contributed by atoms with Crippen molar-refractivity contribution in [3.8, 4) is 5.75 Å². The van der Waals surface area contributed by atoms with Crippen molar-refractivity contribution < 1.29 is 19.6 Å². The summed E-state index contributed by atoms with van der Waals surface area (Å²) in [6, 6.07) is 4.06. The Hall–Kier alpha value is -2.15.